The van der Waals surface area contributed by atoms with Crippen molar-refractivity contribution < 1.29 is 23.9 Å². The van der Waals surface area contributed by atoms with E-state index in [4.69, 9.17) is 4.74 Å². The highest BCUT2D eigenvalue weighted by Gasteiger charge is 2.66. The molecule has 5 aliphatic rings. The summed E-state index contributed by atoms with van der Waals surface area (Å²) in [6, 6.07) is 7.04. The number of amides is 2. The Bertz CT molecular complexity index is 897. The Hall–Kier alpha value is -2.76. The van der Waals surface area contributed by atoms with Crippen molar-refractivity contribution in [3.8, 4) is 0 Å². The number of carbonyl (C=O) groups excluding carboxylic acids is 4. The van der Waals surface area contributed by atoms with Gasteiger partial charge in [-0.1, -0.05) is 42.0 Å². The number of hydrogen-bond donors (Lipinski definition) is 0. The van der Waals surface area contributed by atoms with Gasteiger partial charge in [0, 0.05) is 12.1 Å². The second kappa shape index (κ2) is 6.65. The summed E-state index contributed by atoms with van der Waals surface area (Å²) in [4.78, 5) is 51.2. The molecule has 0 spiro atoms. The first-order valence-electron chi connectivity index (χ1n) is 10.2. The van der Waals surface area contributed by atoms with Gasteiger partial charge in [0.2, 0.25) is 11.8 Å². The smallest absolute Gasteiger partial charge is 0.308 e. The van der Waals surface area contributed by atoms with Crippen molar-refractivity contribution >= 4 is 23.6 Å². The molecule has 0 N–H and O–H groups in total. The lowest BCUT2D eigenvalue weighted by Gasteiger charge is -2.37. The molecule has 1 aliphatic heterocycles. The summed E-state index contributed by atoms with van der Waals surface area (Å²) in [5.41, 5.74) is 1.53. The molecular weight excluding hydrogens is 370 g/mol. The number of allylic oxidation sites excluding steroid dienone is 2. The normalized spacial score (nSPS) is 33.5. The molecule has 29 heavy (non-hydrogen) atoms. The zero-order chi connectivity index (χ0) is 20.3. The van der Waals surface area contributed by atoms with Gasteiger partial charge in [0.05, 0.1) is 18.3 Å². The van der Waals surface area contributed by atoms with E-state index in [1.165, 1.54) is 4.90 Å². The second-order valence-electron chi connectivity index (χ2n) is 8.68. The number of Topliss-reactive ketones (excluding diaryl/α,β-unsaturated/α-hetero) is 1. The molecule has 6 atom stereocenters. The lowest BCUT2D eigenvalue weighted by Crippen LogP contribution is -2.40. The molecule has 1 saturated heterocycles. The highest BCUT2D eigenvalue weighted by atomic mass is 16.5. The van der Waals surface area contributed by atoms with Gasteiger partial charge in [-0.05, 0) is 37.0 Å². The number of ether oxygens (including phenoxy) is 1. The number of likely N-dealkylation sites (tertiary alicyclic amines) is 1. The number of imide groups is 1. The highest BCUT2D eigenvalue weighted by molar-refractivity contribution is 6.06. The van der Waals surface area contributed by atoms with Gasteiger partial charge >= 0.3 is 5.97 Å². The average molecular weight is 393 g/mol. The van der Waals surface area contributed by atoms with Gasteiger partial charge in [0.1, 0.15) is 0 Å². The summed E-state index contributed by atoms with van der Waals surface area (Å²) in [5, 5.41) is 0. The fourth-order valence-electron chi connectivity index (χ4n) is 5.48. The molecule has 0 unspecified atom stereocenters. The van der Waals surface area contributed by atoms with Crippen LogP contribution in [0, 0.1) is 42.4 Å². The van der Waals surface area contributed by atoms with Crippen molar-refractivity contribution in [1.29, 1.82) is 0 Å². The van der Waals surface area contributed by atoms with Crippen LogP contribution in [0.2, 0.25) is 0 Å². The maximum atomic E-state index is 12.9. The van der Waals surface area contributed by atoms with E-state index in [1.54, 1.807) is 12.1 Å². The Morgan fingerprint density at radius 2 is 1.59 bits per heavy atom. The minimum atomic E-state index is -0.579. The van der Waals surface area contributed by atoms with Crippen LogP contribution in [-0.2, 0) is 19.1 Å². The van der Waals surface area contributed by atoms with Gasteiger partial charge in [-0.2, -0.15) is 0 Å². The maximum Gasteiger partial charge on any atom is 0.308 e. The van der Waals surface area contributed by atoms with E-state index in [0.717, 1.165) is 12.0 Å². The van der Waals surface area contributed by atoms with Crippen molar-refractivity contribution in [2.75, 3.05) is 13.2 Å². The second-order valence-corrected chi connectivity index (χ2v) is 8.68. The Kier molecular flexibility index (Phi) is 4.19. The Morgan fingerprint density at radius 1 is 1.00 bits per heavy atom. The van der Waals surface area contributed by atoms with Crippen LogP contribution in [0.3, 0.4) is 0 Å². The third-order valence-corrected chi connectivity index (χ3v) is 7.03. The number of ketones is 1. The standard InChI is InChI=1S/C23H23NO5/c1-12-2-4-13(5-3-12)18(25)11-29-19(26)8-9-24-22(27)20-14-6-7-15(17-10-16(14)17)21(20)23(24)28/h2-7,14-17,20-21H,8-11H2,1H3/t14-,15-,16-,17-,20+,21+/m1/s1. The number of carbonyl (C=O) groups is 4. The van der Waals surface area contributed by atoms with Crippen LogP contribution in [0.5, 0.6) is 0 Å². The Morgan fingerprint density at radius 3 is 2.17 bits per heavy atom. The highest BCUT2D eigenvalue weighted by Crippen LogP contribution is 2.65. The largest absolute Gasteiger partial charge is 0.457 e. The van der Waals surface area contributed by atoms with Crippen molar-refractivity contribution in [3.63, 3.8) is 0 Å². The minimum Gasteiger partial charge on any atom is -0.457 e. The monoisotopic (exact) mass is 393 g/mol. The van der Waals surface area contributed by atoms with Crippen LogP contribution in [0.25, 0.3) is 0 Å². The molecule has 2 amide bonds. The molecule has 2 saturated carbocycles. The fraction of sp³-hybridized carbons (Fsp3) is 0.478. The summed E-state index contributed by atoms with van der Waals surface area (Å²) in [6.07, 6.45) is 5.28. The molecule has 1 aromatic carbocycles. The summed E-state index contributed by atoms with van der Waals surface area (Å²) < 4.78 is 5.07. The Balaban J connectivity index is 1.15. The zero-order valence-electron chi connectivity index (χ0n) is 16.2. The lowest BCUT2D eigenvalue weighted by molar-refractivity contribution is -0.145. The number of aryl methyl sites for hydroxylation is 1. The van der Waals surface area contributed by atoms with E-state index < -0.39 is 5.97 Å². The maximum absolute atomic E-state index is 12.9. The molecule has 0 aromatic heterocycles. The number of rotatable bonds is 6. The van der Waals surface area contributed by atoms with E-state index in [9.17, 15) is 19.2 Å². The van der Waals surface area contributed by atoms with Gasteiger partial charge in [0.15, 0.2) is 12.4 Å². The topological polar surface area (TPSA) is 80.8 Å². The summed E-state index contributed by atoms with van der Waals surface area (Å²) in [5.74, 6) is -0.181. The molecule has 4 aliphatic carbocycles. The SMILES string of the molecule is Cc1ccc(C(=O)COC(=O)CCN2C(=O)[C@H]3[C@@H]4C=C[C@H]([C@H]5C[C@H]45)[C@@H]3C2=O)cc1. The fourth-order valence-corrected chi connectivity index (χ4v) is 5.48. The molecule has 1 heterocycles. The third-order valence-electron chi connectivity index (χ3n) is 7.03. The molecule has 3 fully saturated rings. The van der Waals surface area contributed by atoms with Crippen LogP contribution in [0.1, 0.15) is 28.8 Å². The first-order valence-corrected chi connectivity index (χ1v) is 10.2. The number of esters is 1. The molecule has 6 rings (SSSR count). The molecular formula is C23H23NO5. The van der Waals surface area contributed by atoms with Gasteiger partial charge in [-0.3, -0.25) is 24.1 Å². The summed E-state index contributed by atoms with van der Waals surface area (Å²) >= 11 is 0. The van der Waals surface area contributed by atoms with E-state index in [2.05, 4.69) is 12.2 Å². The van der Waals surface area contributed by atoms with Crippen molar-refractivity contribution in [2.45, 2.75) is 19.8 Å². The predicted octanol–water partition coefficient (Wildman–Crippen LogP) is 2.16. The predicted molar refractivity (Wildman–Crippen MR) is 103 cm³/mol. The van der Waals surface area contributed by atoms with E-state index in [-0.39, 0.29) is 60.8 Å². The van der Waals surface area contributed by atoms with Crippen LogP contribution in [0.4, 0.5) is 0 Å². The van der Waals surface area contributed by atoms with E-state index >= 15 is 0 Å². The van der Waals surface area contributed by atoms with Crippen molar-refractivity contribution in [2.24, 2.45) is 35.5 Å². The van der Waals surface area contributed by atoms with E-state index in [0.29, 0.717) is 17.4 Å². The first kappa shape index (κ1) is 18.3. The first-order chi connectivity index (χ1) is 14.0. The van der Waals surface area contributed by atoms with Crippen molar-refractivity contribution in [1.82, 2.24) is 4.90 Å². The van der Waals surface area contributed by atoms with Gasteiger partial charge in [-0.15, -0.1) is 0 Å². The van der Waals surface area contributed by atoms with Crippen LogP contribution >= 0.6 is 0 Å². The lowest BCUT2D eigenvalue weighted by atomic mass is 9.63. The van der Waals surface area contributed by atoms with Gasteiger partial charge in [0.25, 0.3) is 0 Å². The average Bonchev–Trinajstić information content (AvgIpc) is 3.50. The third kappa shape index (κ3) is 2.93. The summed E-state index contributed by atoms with van der Waals surface area (Å²) in [6.45, 7) is 1.61. The van der Waals surface area contributed by atoms with Gasteiger partial charge in [-0.25, -0.2) is 0 Å². The minimum absolute atomic E-state index is 0.0248. The van der Waals surface area contributed by atoms with Crippen molar-refractivity contribution in [3.05, 3.63) is 47.5 Å². The Labute approximate surface area is 168 Å². The number of hydrogen-bond acceptors (Lipinski definition) is 5. The number of nitrogens with zero attached hydrogens (tertiary/aromatic N) is 1. The number of benzene rings is 1. The van der Waals surface area contributed by atoms with Crippen LogP contribution in [-0.4, -0.2) is 41.6 Å². The molecule has 150 valence electrons. The van der Waals surface area contributed by atoms with E-state index in [1.807, 2.05) is 19.1 Å². The molecule has 1 aromatic rings. The van der Waals surface area contributed by atoms with Gasteiger partial charge < -0.3 is 4.74 Å². The quantitative estimate of drug-likeness (QED) is 0.320. The molecule has 2 bridgehead atoms. The zero-order valence-corrected chi connectivity index (χ0v) is 16.2. The molecule has 6 nitrogen and oxygen atoms in total. The van der Waals surface area contributed by atoms with Crippen LogP contribution < -0.4 is 0 Å². The summed E-state index contributed by atoms with van der Waals surface area (Å²) in [7, 11) is 0. The molecule has 6 heteroatoms. The molecule has 0 radical (unpaired) electrons. The van der Waals surface area contributed by atoms with Crippen LogP contribution in [0.15, 0.2) is 36.4 Å².